The molecule has 1 atom stereocenters. The summed E-state index contributed by atoms with van der Waals surface area (Å²) >= 11 is 0. The van der Waals surface area contributed by atoms with Gasteiger partial charge in [-0.2, -0.15) is 0 Å². The van der Waals surface area contributed by atoms with Crippen molar-refractivity contribution in [1.29, 1.82) is 0 Å². The quantitative estimate of drug-likeness (QED) is 0.522. The van der Waals surface area contributed by atoms with Crippen molar-refractivity contribution in [3.63, 3.8) is 0 Å². The van der Waals surface area contributed by atoms with Crippen molar-refractivity contribution in [2.75, 3.05) is 13.1 Å². The maximum Gasteiger partial charge on any atom is 0.0766 e. The fourth-order valence-electron chi connectivity index (χ4n) is 1.13. The van der Waals surface area contributed by atoms with Gasteiger partial charge in [0, 0.05) is 6.54 Å². The number of aliphatic hydroxyl groups excluding tert-OH is 1. The van der Waals surface area contributed by atoms with Crippen LogP contribution in [-0.2, 0) is 0 Å². The minimum Gasteiger partial charge on any atom is -0.393 e. The molecule has 0 aliphatic carbocycles. The zero-order valence-corrected chi connectivity index (χ0v) is 9.01. The van der Waals surface area contributed by atoms with E-state index in [1.165, 1.54) is 0 Å². The summed E-state index contributed by atoms with van der Waals surface area (Å²) < 4.78 is 0. The molecule has 3 N–H and O–H groups in total. The third-order valence-electron chi connectivity index (χ3n) is 2.51. The molecule has 0 rings (SSSR count). The second kappa shape index (κ2) is 6.35. The molecule has 0 aliphatic heterocycles. The highest BCUT2D eigenvalue weighted by atomic mass is 16.3. The lowest BCUT2D eigenvalue weighted by atomic mass is 9.97. The van der Waals surface area contributed by atoms with E-state index in [1.807, 2.05) is 13.8 Å². The van der Waals surface area contributed by atoms with Crippen LogP contribution in [0.4, 0.5) is 0 Å². The minimum atomic E-state index is -0.571. The molecule has 0 heterocycles. The van der Waals surface area contributed by atoms with Crippen molar-refractivity contribution < 1.29 is 10.2 Å². The Kier molecular flexibility index (Phi) is 6.29. The number of nitrogens with one attached hydrogen (secondary N) is 1. The summed E-state index contributed by atoms with van der Waals surface area (Å²) in [5.74, 6) is 0. The molecule has 3 heteroatoms. The van der Waals surface area contributed by atoms with E-state index in [4.69, 9.17) is 5.11 Å². The van der Waals surface area contributed by atoms with E-state index in [0.29, 0.717) is 6.54 Å². The molecule has 3 nitrogen and oxygen atoms in total. The monoisotopic (exact) mass is 189 g/mol. The van der Waals surface area contributed by atoms with Gasteiger partial charge in [-0.3, -0.25) is 0 Å². The smallest absolute Gasteiger partial charge is 0.0766 e. The summed E-state index contributed by atoms with van der Waals surface area (Å²) in [6, 6.07) is 0. The minimum absolute atomic E-state index is 0.260. The first-order valence-electron chi connectivity index (χ1n) is 5.15. The molecule has 0 aromatic carbocycles. The van der Waals surface area contributed by atoms with Crippen LogP contribution in [0.5, 0.6) is 0 Å². The lowest BCUT2D eigenvalue weighted by molar-refractivity contribution is 0.0318. The molecule has 13 heavy (non-hydrogen) atoms. The van der Waals surface area contributed by atoms with Gasteiger partial charge in [0.1, 0.15) is 0 Å². The molecule has 80 valence electrons. The standard InChI is InChI=1S/C10H23NO2/c1-4-10(13,5-2)8-11-7-6-9(3)12/h9,11-13H,4-8H2,1-3H3. The largest absolute Gasteiger partial charge is 0.393 e. The van der Waals surface area contributed by atoms with Crippen molar-refractivity contribution in [2.24, 2.45) is 0 Å². The third kappa shape index (κ3) is 6.02. The van der Waals surface area contributed by atoms with Crippen LogP contribution in [0.3, 0.4) is 0 Å². The number of aliphatic hydroxyl groups is 2. The summed E-state index contributed by atoms with van der Waals surface area (Å²) in [5.41, 5.74) is -0.571. The second-order valence-corrected chi connectivity index (χ2v) is 3.75. The van der Waals surface area contributed by atoms with Gasteiger partial charge in [-0.1, -0.05) is 13.8 Å². The van der Waals surface area contributed by atoms with E-state index < -0.39 is 5.60 Å². The molecule has 0 bridgehead atoms. The second-order valence-electron chi connectivity index (χ2n) is 3.75. The number of rotatable bonds is 7. The first kappa shape index (κ1) is 12.9. The molecule has 0 aromatic rings. The fraction of sp³-hybridized carbons (Fsp3) is 1.00. The number of hydrogen-bond acceptors (Lipinski definition) is 3. The first-order chi connectivity index (χ1) is 6.04. The fourth-order valence-corrected chi connectivity index (χ4v) is 1.13. The first-order valence-corrected chi connectivity index (χ1v) is 5.15. The van der Waals surface area contributed by atoms with Crippen LogP contribution in [0, 0.1) is 0 Å². The summed E-state index contributed by atoms with van der Waals surface area (Å²) in [4.78, 5) is 0. The summed E-state index contributed by atoms with van der Waals surface area (Å²) in [5, 5.41) is 22.0. The predicted molar refractivity (Wildman–Crippen MR) is 54.7 cm³/mol. The lowest BCUT2D eigenvalue weighted by Crippen LogP contribution is -2.40. The van der Waals surface area contributed by atoms with Crippen LogP contribution in [0.2, 0.25) is 0 Å². The van der Waals surface area contributed by atoms with Crippen molar-refractivity contribution in [3.05, 3.63) is 0 Å². The Balaban J connectivity index is 3.50. The molecule has 0 aromatic heterocycles. The zero-order chi connectivity index (χ0) is 10.3. The summed E-state index contributed by atoms with van der Waals surface area (Å²) in [6.07, 6.45) is 2.02. The van der Waals surface area contributed by atoms with Crippen molar-refractivity contribution in [2.45, 2.75) is 51.7 Å². The average molecular weight is 189 g/mol. The highest BCUT2D eigenvalue weighted by Crippen LogP contribution is 2.12. The maximum absolute atomic E-state index is 9.87. The van der Waals surface area contributed by atoms with Gasteiger partial charge >= 0.3 is 0 Å². The number of hydrogen-bond donors (Lipinski definition) is 3. The molecule has 0 spiro atoms. The Labute approximate surface area is 81.2 Å². The van der Waals surface area contributed by atoms with Crippen molar-refractivity contribution >= 4 is 0 Å². The van der Waals surface area contributed by atoms with E-state index in [2.05, 4.69) is 5.32 Å². The van der Waals surface area contributed by atoms with Crippen LogP contribution in [-0.4, -0.2) is 35.0 Å². The van der Waals surface area contributed by atoms with Gasteiger partial charge in [-0.05, 0) is 32.7 Å². The Morgan fingerprint density at radius 1 is 1.31 bits per heavy atom. The van der Waals surface area contributed by atoms with E-state index in [9.17, 15) is 5.11 Å². The van der Waals surface area contributed by atoms with Gasteiger partial charge in [0.15, 0.2) is 0 Å². The van der Waals surface area contributed by atoms with Gasteiger partial charge in [0.25, 0.3) is 0 Å². The Hall–Kier alpha value is -0.120. The van der Waals surface area contributed by atoms with Gasteiger partial charge in [-0.25, -0.2) is 0 Å². The molecule has 0 fully saturated rings. The van der Waals surface area contributed by atoms with E-state index >= 15 is 0 Å². The molecular weight excluding hydrogens is 166 g/mol. The maximum atomic E-state index is 9.87. The Morgan fingerprint density at radius 2 is 1.85 bits per heavy atom. The molecule has 0 amide bonds. The van der Waals surface area contributed by atoms with Crippen LogP contribution in [0.1, 0.15) is 40.0 Å². The average Bonchev–Trinajstić information content (AvgIpc) is 2.12. The topological polar surface area (TPSA) is 52.5 Å². The predicted octanol–water partition coefficient (Wildman–Crippen LogP) is 0.898. The third-order valence-corrected chi connectivity index (χ3v) is 2.51. The van der Waals surface area contributed by atoms with E-state index in [1.54, 1.807) is 6.92 Å². The van der Waals surface area contributed by atoms with Gasteiger partial charge < -0.3 is 15.5 Å². The molecule has 0 saturated carbocycles. The highest BCUT2D eigenvalue weighted by molar-refractivity contribution is 4.77. The van der Waals surface area contributed by atoms with Crippen molar-refractivity contribution in [1.82, 2.24) is 5.32 Å². The Bertz CT molecular complexity index is 122. The molecule has 0 radical (unpaired) electrons. The Morgan fingerprint density at radius 3 is 2.23 bits per heavy atom. The summed E-state index contributed by atoms with van der Waals surface area (Å²) in [7, 11) is 0. The molecule has 0 saturated heterocycles. The van der Waals surface area contributed by atoms with Gasteiger partial charge in [0.2, 0.25) is 0 Å². The normalized spacial score (nSPS) is 14.5. The molecular formula is C10H23NO2. The van der Waals surface area contributed by atoms with E-state index in [-0.39, 0.29) is 6.10 Å². The van der Waals surface area contributed by atoms with Gasteiger partial charge in [-0.15, -0.1) is 0 Å². The van der Waals surface area contributed by atoms with Crippen LogP contribution >= 0.6 is 0 Å². The van der Waals surface area contributed by atoms with E-state index in [0.717, 1.165) is 25.8 Å². The lowest BCUT2D eigenvalue weighted by Gasteiger charge is -2.25. The zero-order valence-electron chi connectivity index (χ0n) is 9.01. The van der Waals surface area contributed by atoms with Crippen LogP contribution < -0.4 is 5.32 Å². The molecule has 0 aliphatic rings. The molecule has 1 unspecified atom stereocenters. The van der Waals surface area contributed by atoms with Gasteiger partial charge in [0.05, 0.1) is 11.7 Å². The SMILES string of the molecule is CCC(O)(CC)CNCCC(C)O. The van der Waals surface area contributed by atoms with Crippen LogP contribution in [0.15, 0.2) is 0 Å². The summed E-state index contributed by atoms with van der Waals surface area (Å²) in [6.45, 7) is 7.12. The van der Waals surface area contributed by atoms with Crippen LogP contribution in [0.25, 0.3) is 0 Å². The highest BCUT2D eigenvalue weighted by Gasteiger charge is 2.20. The van der Waals surface area contributed by atoms with Crippen molar-refractivity contribution in [3.8, 4) is 0 Å².